The van der Waals surface area contributed by atoms with Gasteiger partial charge in [0, 0.05) is 16.7 Å². The van der Waals surface area contributed by atoms with Gasteiger partial charge in [-0.25, -0.2) is 0 Å². The van der Waals surface area contributed by atoms with Crippen LogP contribution in [0.25, 0.3) is 0 Å². The molecule has 0 amide bonds. The highest BCUT2D eigenvalue weighted by atomic mass is 16.3. The van der Waals surface area contributed by atoms with Crippen molar-refractivity contribution in [2.75, 3.05) is 14.1 Å². The van der Waals surface area contributed by atoms with Gasteiger partial charge in [-0.1, -0.05) is 51.1 Å². The van der Waals surface area contributed by atoms with Gasteiger partial charge in [0.15, 0.2) is 5.78 Å². The minimum Gasteiger partial charge on any atom is -0.507 e. The molecule has 2 aromatic rings. The Kier molecular flexibility index (Phi) is 6.52. The maximum absolute atomic E-state index is 12.5. The van der Waals surface area contributed by atoms with Gasteiger partial charge in [-0.2, -0.15) is 0 Å². The molecule has 0 aliphatic rings. The molecule has 3 nitrogen and oxygen atoms in total. The molecule has 2 aromatic carbocycles. The van der Waals surface area contributed by atoms with Crippen molar-refractivity contribution in [1.82, 2.24) is 5.32 Å². The van der Waals surface area contributed by atoms with Crippen LogP contribution in [-0.4, -0.2) is 25.0 Å². The zero-order chi connectivity index (χ0) is 17.6. The zero-order valence-electron chi connectivity index (χ0n) is 14.9. The van der Waals surface area contributed by atoms with Gasteiger partial charge >= 0.3 is 0 Å². The van der Waals surface area contributed by atoms with Crippen LogP contribution in [-0.2, 0) is 5.41 Å². The van der Waals surface area contributed by atoms with Crippen molar-refractivity contribution in [2.45, 2.75) is 33.1 Å². The molecule has 124 valence electrons. The highest BCUT2D eigenvalue weighted by molar-refractivity contribution is 6.09. The Labute approximate surface area is 139 Å². The number of benzene rings is 2. The highest BCUT2D eigenvalue weighted by Crippen LogP contribution is 2.34. The van der Waals surface area contributed by atoms with E-state index < -0.39 is 0 Å². The van der Waals surface area contributed by atoms with Crippen molar-refractivity contribution in [1.29, 1.82) is 0 Å². The third kappa shape index (κ3) is 4.93. The molecule has 0 aliphatic heterocycles. The summed E-state index contributed by atoms with van der Waals surface area (Å²) < 4.78 is 0. The molecule has 23 heavy (non-hydrogen) atoms. The molecular weight excluding hydrogens is 286 g/mol. The predicted molar refractivity (Wildman–Crippen MR) is 96.4 cm³/mol. The fourth-order valence-electron chi connectivity index (χ4n) is 2.24. The molecule has 0 atom stereocenters. The molecule has 0 saturated carbocycles. The van der Waals surface area contributed by atoms with Gasteiger partial charge in [0.2, 0.25) is 0 Å². The van der Waals surface area contributed by atoms with Crippen molar-refractivity contribution >= 4 is 5.78 Å². The number of rotatable bonds is 2. The molecule has 0 aromatic heterocycles. The van der Waals surface area contributed by atoms with E-state index in [9.17, 15) is 9.90 Å². The summed E-state index contributed by atoms with van der Waals surface area (Å²) in [5.74, 6) is 0.265. The number of phenolic OH excluding ortho intramolecular Hbond substituents is 1. The standard InChI is InChI=1S/C18H20O2.C2H7N/c1-12-10-14(11-15(16(12)19)18(2,3)4)17(20)13-8-6-5-7-9-13;1-3-2/h5-11,19H,1-4H3;3H,1-2H3. The van der Waals surface area contributed by atoms with Crippen molar-refractivity contribution in [2.24, 2.45) is 0 Å². The van der Waals surface area contributed by atoms with E-state index in [0.29, 0.717) is 11.1 Å². The average molecular weight is 313 g/mol. The molecule has 0 aliphatic carbocycles. The summed E-state index contributed by atoms with van der Waals surface area (Å²) >= 11 is 0. The summed E-state index contributed by atoms with van der Waals surface area (Å²) in [7, 11) is 3.75. The number of carbonyl (C=O) groups excluding carboxylic acids is 1. The van der Waals surface area contributed by atoms with Crippen LogP contribution >= 0.6 is 0 Å². The molecule has 3 heteroatoms. The summed E-state index contributed by atoms with van der Waals surface area (Å²) in [6.07, 6.45) is 0. The number of phenols is 1. The van der Waals surface area contributed by atoms with Crippen LogP contribution in [0.4, 0.5) is 0 Å². The van der Waals surface area contributed by atoms with Gasteiger partial charge in [0.25, 0.3) is 0 Å². The number of nitrogens with one attached hydrogen (secondary N) is 1. The molecule has 0 spiro atoms. The van der Waals surface area contributed by atoms with E-state index >= 15 is 0 Å². The zero-order valence-corrected chi connectivity index (χ0v) is 14.9. The maximum atomic E-state index is 12.5. The first-order valence-corrected chi connectivity index (χ1v) is 7.74. The van der Waals surface area contributed by atoms with Gasteiger partial charge in [-0.3, -0.25) is 4.79 Å². The first kappa shape index (κ1) is 18.9. The molecule has 2 rings (SSSR count). The average Bonchev–Trinajstić information content (AvgIpc) is 2.49. The second-order valence-corrected chi connectivity index (χ2v) is 6.63. The summed E-state index contributed by atoms with van der Waals surface area (Å²) in [4.78, 5) is 12.5. The number of aryl methyl sites for hydroxylation is 1. The molecule has 0 fully saturated rings. The van der Waals surface area contributed by atoms with E-state index in [-0.39, 0.29) is 16.9 Å². The monoisotopic (exact) mass is 313 g/mol. The first-order chi connectivity index (χ1) is 10.7. The highest BCUT2D eigenvalue weighted by Gasteiger charge is 2.22. The third-order valence-electron chi connectivity index (χ3n) is 3.41. The van der Waals surface area contributed by atoms with E-state index in [0.717, 1.165) is 11.1 Å². The summed E-state index contributed by atoms with van der Waals surface area (Å²) in [5.41, 5.74) is 2.62. The fraction of sp³-hybridized carbons (Fsp3) is 0.350. The Balaban J connectivity index is 0.000000816. The Bertz CT molecular complexity index is 655. The van der Waals surface area contributed by atoms with E-state index in [2.05, 4.69) is 5.32 Å². The van der Waals surface area contributed by atoms with Crippen molar-refractivity contribution < 1.29 is 9.90 Å². The van der Waals surface area contributed by atoms with Gasteiger partial charge < -0.3 is 10.4 Å². The lowest BCUT2D eigenvalue weighted by molar-refractivity contribution is 0.103. The second-order valence-electron chi connectivity index (χ2n) is 6.63. The van der Waals surface area contributed by atoms with Gasteiger partial charge in [-0.15, -0.1) is 0 Å². The molecule has 0 saturated heterocycles. The Morgan fingerprint density at radius 3 is 2.00 bits per heavy atom. The van der Waals surface area contributed by atoms with E-state index in [1.807, 2.05) is 60.0 Å². The van der Waals surface area contributed by atoms with Crippen molar-refractivity contribution in [3.63, 3.8) is 0 Å². The fourth-order valence-corrected chi connectivity index (χ4v) is 2.24. The van der Waals surface area contributed by atoms with E-state index in [4.69, 9.17) is 0 Å². The van der Waals surface area contributed by atoms with Crippen LogP contribution in [0.3, 0.4) is 0 Å². The van der Waals surface area contributed by atoms with Crippen molar-refractivity contribution in [3.05, 3.63) is 64.7 Å². The Hall–Kier alpha value is -2.13. The predicted octanol–water partition coefficient (Wildman–Crippen LogP) is 4.06. The minimum atomic E-state index is -0.207. The topological polar surface area (TPSA) is 49.3 Å². The molecule has 0 unspecified atom stereocenters. The number of hydrogen-bond acceptors (Lipinski definition) is 3. The summed E-state index contributed by atoms with van der Waals surface area (Å²) in [6, 6.07) is 12.8. The second kappa shape index (κ2) is 7.93. The Morgan fingerprint density at radius 2 is 1.52 bits per heavy atom. The van der Waals surface area contributed by atoms with Crippen LogP contribution in [0, 0.1) is 6.92 Å². The maximum Gasteiger partial charge on any atom is 0.193 e. The quantitative estimate of drug-likeness (QED) is 0.822. The van der Waals surface area contributed by atoms with Crippen LogP contribution in [0.2, 0.25) is 0 Å². The first-order valence-electron chi connectivity index (χ1n) is 7.74. The SMILES string of the molecule is CNC.Cc1cc(C(=O)c2ccccc2)cc(C(C)(C)C)c1O. The van der Waals surface area contributed by atoms with E-state index in [1.54, 1.807) is 24.3 Å². The lowest BCUT2D eigenvalue weighted by atomic mass is 9.83. The summed E-state index contributed by atoms with van der Waals surface area (Å²) in [5, 5.41) is 12.9. The number of aromatic hydroxyl groups is 1. The van der Waals surface area contributed by atoms with Crippen LogP contribution < -0.4 is 5.32 Å². The molecular formula is C20H27NO2. The number of ketones is 1. The number of hydrogen-bond donors (Lipinski definition) is 2. The van der Waals surface area contributed by atoms with Crippen molar-refractivity contribution in [3.8, 4) is 5.75 Å². The molecule has 0 radical (unpaired) electrons. The van der Waals surface area contributed by atoms with Gasteiger partial charge in [-0.05, 0) is 44.1 Å². The largest absolute Gasteiger partial charge is 0.507 e. The minimum absolute atomic E-state index is 0.0146. The molecule has 0 heterocycles. The lowest BCUT2D eigenvalue weighted by Gasteiger charge is -2.22. The molecule has 2 N–H and O–H groups in total. The lowest BCUT2D eigenvalue weighted by Crippen LogP contribution is -2.14. The molecule has 0 bridgehead atoms. The number of carbonyl (C=O) groups is 1. The Morgan fingerprint density at radius 1 is 1.00 bits per heavy atom. The van der Waals surface area contributed by atoms with Crippen LogP contribution in [0.1, 0.15) is 47.8 Å². The van der Waals surface area contributed by atoms with E-state index in [1.165, 1.54) is 0 Å². The third-order valence-corrected chi connectivity index (χ3v) is 3.41. The summed E-state index contributed by atoms with van der Waals surface area (Å²) in [6.45, 7) is 7.90. The smallest absolute Gasteiger partial charge is 0.193 e. The van der Waals surface area contributed by atoms with Crippen LogP contribution in [0.5, 0.6) is 5.75 Å². The van der Waals surface area contributed by atoms with Gasteiger partial charge in [0.1, 0.15) is 5.75 Å². The van der Waals surface area contributed by atoms with Crippen LogP contribution in [0.15, 0.2) is 42.5 Å². The van der Waals surface area contributed by atoms with Gasteiger partial charge in [0.05, 0.1) is 0 Å². The normalized spacial score (nSPS) is 10.7.